The topological polar surface area (TPSA) is 115 Å². The zero-order chi connectivity index (χ0) is 27.9. The van der Waals surface area contributed by atoms with Gasteiger partial charge in [-0.1, -0.05) is 6.92 Å². The highest BCUT2D eigenvalue weighted by molar-refractivity contribution is 5.98. The Morgan fingerprint density at radius 2 is 1.84 bits per heavy atom. The van der Waals surface area contributed by atoms with Crippen LogP contribution in [0.5, 0.6) is 0 Å². The molecule has 0 spiro atoms. The normalized spacial score (nSPS) is 17.9. The monoisotopic (exact) mass is 536 g/mol. The molecule has 0 radical (unpaired) electrons. The Kier molecular flexibility index (Phi) is 9.50. The predicted octanol–water partition coefficient (Wildman–Crippen LogP) is 3.25. The fraction of sp³-hybridized carbons (Fsp3) is 0.520. The molecule has 1 fully saturated rings. The van der Waals surface area contributed by atoms with Gasteiger partial charge < -0.3 is 25.8 Å². The molecule has 1 aliphatic rings. The molecule has 0 aliphatic carbocycles. The minimum atomic E-state index is -4.46. The van der Waals surface area contributed by atoms with Crippen molar-refractivity contribution in [1.82, 2.24) is 25.1 Å². The van der Waals surface area contributed by atoms with Crippen LogP contribution in [-0.2, 0) is 11.0 Å². The summed E-state index contributed by atoms with van der Waals surface area (Å²) >= 11 is 0. The van der Waals surface area contributed by atoms with Crippen molar-refractivity contribution in [2.24, 2.45) is 5.41 Å². The van der Waals surface area contributed by atoms with Crippen LogP contribution in [0.2, 0.25) is 0 Å². The molecule has 4 N–H and O–H groups in total. The third-order valence-electron chi connectivity index (χ3n) is 6.36. The number of alkyl halides is 3. The molecule has 1 saturated heterocycles. The van der Waals surface area contributed by atoms with Gasteiger partial charge in [-0.05, 0) is 64.8 Å². The van der Waals surface area contributed by atoms with Crippen LogP contribution < -0.4 is 21.3 Å². The van der Waals surface area contributed by atoms with E-state index in [-0.39, 0.29) is 17.5 Å². The highest BCUT2D eigenvalue weighted by Crippen LogP contribution is 2.32. The number of aromatic nitrogens is 2. The zero-order valence-electron chi connectivity index (χ0n) is 22.1. The van der Waals surface area contributed by atoms with Gasteiger partial charge in [0.15, 0.2) is 0 Å². The molecular formula is C25H35F3N8O2. The van der Waals surface area contributed by atoms with Gasteiger partial charge >= 0.3 is 12.2 Å². The van der Waals surface area contributed by atoms with Crippen LogP contribution >= 0.6 is 0 Å². The summed E-state index contributed by atoms with van der Waals surface area (Å²) < 4.78 is 38.2. The van der Waals surface area contributed by atoms with Crippen LogP contribution in [0.25, 0.3) is 0 Å². The first kappa shape index (κ1) is 29.1. The summed E-state index contributed by atoms with van der Waals surface area (Å²) in [5.74, 6) is 0.448. The van der Waals surface area contributed by atoms with Crippen molar-refractivity contribution in [3.05, 3.63) is 41.6 Å². The molecule has 10 nitrogen and oxygen atoms in total. The van der Waals surface area contributed by atoms with Crippen LogP contribution in [0.15, 0.2) is 30.3 Å². The highest BCUT2D eigenvalue weighted by atomic mass is 19.4. The zero-order valence-corrected chi connectivity index (χ0v) is 22.1. The highest BCUT2D eigenvalue weighted by Gasteiger charge is 2.44. The van der Waals surface area contributed by atoms with E-state index in [1.165, 1.54) is 0 Å². The Balaban J connectivity index is 1.65. The van der Waals surface area contributed by atoms with E-state index in [4.69, 9.17) is 0 Å². The number of halogens is 3. The second kappa shape index (κ2) is 12.4. The number of nitrogens with one attached hydrogen (secondary N) is 4. The van der Waals surface area contributed by atoms with E-state index in [0.29, 0.717) is 37.6 Å². The minimum Gasteiger partial charge on any atom is -0.369 e. The van der Waals surface area contributed by atoms with Gasteiger partial charge in [0.1, 0.15) is 5.82 Å². The fourth-order valence-electron chi connectivity index (χ4n) is 4.20. The molecule has 0 bridgehead atoms. The maximum Gasteiger partial charge on any atom is 0.416 e. The standard InChI is InChI=1S/C25H35F3N8O2/c1-5-36-12-10-24(16-36,21(37)29-11-13-35(3)4)15-30-20-14-17(2)31-22(33-20)34-23(38)32-19-8-6-18(7-9-19)25(26,27)28/h6-9,14H,5,10-13,15-16H2,1-4H3,(H,29,37)(H3,30,31,32,33,34,38). The molecule has 13 heteroatoms. The third-order valence-corrected chi connectivity index (χ3v) is 6.36. The quantitative estimate of drug-likeness (QED) is 0.369. The number of likely N-dealkylation sites (tertiary alicyclic amines) is 1. The number of aryl methyl sites for hydroxylation is 1. The molecule has 208 valence electrons. The van der Waals surface area contributed by atoms with Gasteiger partial charge in [0.2, 0.25) is 11.9 Å². The minimum absolute atomic E-state index is 0.0113. The molecule has 2 heterocycles. The number of hydrogen-bond donors (Lipinski definition) is 4. The van der Waals surface area contributed by atoms with Crippen LogP contribution in [0.1, 0.15) is 24.6 Å². The van der Waals surface area contributed by atoms with Crippen molar-refractivity contribution < 1.29 is 22.8 Å². The summed E-state index contributed by atoms with van der Waals surface area (Å²) in [6.07, 6.45) is -3.76. The first-order valence-corrected chi connectivity index (χ1v) is 12.4. The van der Waals surface area contributed by atoms with Crippen LogP contribution in [0.4, 0.5) is 35.4 Å². The molecule has 1 aromatic heterocycles. The van der Waals surface area contributed by atoms with Crippen LogP contribution in [0.3, 0.4) is 0 Å². The van der Waals surface area contributed by atoms with E-state index in [2.05, 4.69) is 43.1 Å². The number of benzene rings is 1. The SMILES string of the molecule is CCN1CCC(CNc2cc(C)nc(NC(=O)Nc3ccc(C(F)(F)F)cc3)n2)(C(=O)NCCN(C)C)C1. The predicted molar refractivity (Wildman–Crippen MR) is 140 cm³/mol. The van der Waals surface area contributed by atoms with E-state index < -0.39 is 23.2 Å². The lowest BCUT2D eigenvalue weighted by Crippen LogP contribution is -2.48. The summed E-state index contributed by atoms with van der Waals surface area (Å²) in [6, 6.07) is 5.11. The number of carbonyl (C=O) groups is 2. The van der Waals surface area contributed by atoms with Gasteiger partial charge in [-0.2, -0.15) is 18.2 Å². The third kappa shape index (κ3) is 8.02. The lowest BCUT2D eigenvalue weighted by atomic mass is 9.85. The van der Waals surface area contributed by atoms with Crippen molar-refractivity contribution in [2.45, 2.75) is 26.4 Å². The van der Waals surface area contributed by atoms with Crippen molar-refractivity contribution in [1.29, 1.82) is 0 Å². The van der Waals surface area contributed by atoms with Gasteiger partial charge in [0, 0.05) is 43.6 Å². The summed E-state index contributed by atoms with van der Waals surface area (Å²) in [7, 11) is 3.90. The molecular weight excluding hydrogens is 501 g/mol. The van der Waals surface area contributed by atoms with E-state index in [0.717, 1.165) is 43.9 Å². The largest absolute Gasteiger partial charge is 0.416 e. The summed E-state index contributed by atoms with van der Waals surface area (Å²) in [4.78, 5) is 38.4. The number of likely N-dealkylation sites (N-methyl/N-ethyl adjacent to an activating group) is 1. The van der Waals surface area contributed by atoms with E-state index in [1.54, 1.807) is 13.0 Å². The van der Waals surface area contributed by atoms with Gasteiger partial charge in [0.05, 0.1) is 11.0 Å². The lowest BCUT2D eigenvalue weighted by Gasteiger charge is -2.29. The van der Waals surface area contributed by atoms with Crippen molar-refractivity contribution >= 4 is 29.4 Å². The summed E-state index contributed by atoms with van der Waals surface area (Å²) in [5, 5.41) is 11.3. The lowest BCUT2D eigenvalue weighted by molar-refractivity contribution is -0.137. The van der Waals surface area contributed by atoms with Crippen LogP contribution in [0, 0.1) is 12.3 Å². The van der Waals surface area contributed by atoms with Gasteiger partial charge in [-0.25, -0.2) is 9.78 Å². The van der Waals surface area contributed by atoms with Crippen LogP contribution in [-0.4, -0.2) is 85.1 Å². The Hall–Kier alpha value is -3.45. The smallest absolute Gasteiger partial charge is 0.369 e. The number of nitrogens with zero attached hydrogens (tertiary/aromatic N) is 4. The second-order valence-corrected chi connectivity index (χ2v) is 9.68. The number of carbonyl (C=O) groups excluding carboxylic acids is 2. The second-order valence-electron chi connectivity index (χ2n) is 9.68. The average molecular weight is 537 g/mol. The van der Waals surface area contributed by atoms with Gasteiger partial charge in [0.25, 0.3) is 0 Å². The summed E-state index contributed by atoms with van der Waals surface area (Å²) in [5.41, 5.74) is -0.673. The molecule has 1 aromatic carbocycles. The van der Waals surface area contributed by atoms with E-state index in [9.17, 15) is 22.8 Å². The van der Waals surface area contributed by atoms with Crippen molar-refractivity contribution in [3.8, 4) is 0 Å². The molecule has 2 aromatic rings. The maximum atomic E-state index is 13.2. The maximum absolute atomic E-state index is 13.2. The van der Waals surface area contributed by atoms with Gasteiger partial charge in [-0.15, -0.1) is 0 Å². The van der Waals surface area contributed by atoms with Crippen molar-refractivity contribution in [2.75, 3.05) is 69.3 Å². The Morgan fingerprint density at radius 1 is 1.13 bits per heavy atom. The first-order valence-electron chi connectivity index (χ1n) is 12.4. The first-order chi connectivity index (χ1) is 17.9. The number of anilines is 3. The van der Waals surface area contributed by atoms with E-state index in [1.807, 2.05) is 19.0 Å². The number of amides is 3. The Morgan fingerprint density at radius 3 is 2.45 bits per heavy atom. The number of hydrogen-bond acceptors (Lipinski definition) is 7. The molecule has 1 aliphatic heterocycles. The van der Waals surface area contributed by atoms with Gasteiger partial charge in [-0.3, -0.25) is 10.1 Å². The fourth-order valence-corrected chi connectivity index (χ4v) is 4.20. The molecule has 3 amide bonds. The number of rotatable bonds is 10. The van der Waals surface area contributed by atoms with E-state index >= 15 is 0 Å². The summed E-state index contributed by atoms with van der Waals surface area (Å²) in [6.45, 7) is 7.73. The van der Waals surface area contributed by atoms with Crippen molar-refractivity contribution in [3.63, 3.8) is 0 Å². The Bertz CT molecular complexity index is 1110. The molecule has 0 saturated carbocycles. The number of urea groups is 1. The molecule has 3 rings (SSSR count). The molecule has 1 unspecified atom stereocenters. The Labute approximate surface area is 220 Å². The average Bonchev–Trinajstić information content (AvgIpc) is 3.27. The molecule has 38 heavy (non-hydrogen) atoms. The molecule has 1 atom stereocenters.